The number of nitrogens with zero attached hydrogens (tertiary/aromatic N) is 3. The van der Waals surface area contributed by atoms with Crippen LogP contribution in [-0.2, 0) is 6.54 Å². The molecule has 0 aliphatic rings. The van der Waals surface area contributed by atoms with Gasteiger partial charge in [0.05, 0.1) is 0 Å². The van der Waals surface area contributed by atoms with Gasteiger partial charge in [-0.25, -0.2) is 9.97 Å². The summed E-state index contributed by atoms with van der Waals surface area (Å²) >= 11 is 0. The number of hydrogen-bond donors (Lipinski definition) is 1. The summed E-state index contributed by atoms with van der Waals surface area (Å²) in [6.45, 7) is 11.4. The van der Waals surface area contributed by atoms with E-state index in [1.807, 2.05) is 13.1 Å². The van der Waals surface area contributed by atoms with Crippen molar-refractivity contribution in [2.75, 3.05) is 25.0 Å². The first-order valence-electron chi connectivity index (χ1n) is 6.82. The monoisotopic (exact) mass is 250 g/mol. The van der Waals surface area contributed by atoms with Crippen LogP contribution in [0.2, 0.25) is 0 Å². The first-order valence-corrected chi connectivity index (χ1v) is 6.82. The summed E-state index contributed by atoms with van der Waals surface area (Å²) < 4.78 is 0. The van der Waals surface area contributed by atoms with Gasteiger partial charge in [-0.05, 0) is 19.4 Å². The van der Waals surface area contributed by atoms with Crippen molar-refractivity contribution < 1.29 is 0 Å². The number of hydrogen-bond acceptors (Lipinski definition) is 4. The van der Waals surface area contributed by atoms with E-state index in [4.69, 9.17) is 0 Å². The van der Waals surface area contributed by atoms with Crippen LogP contribution in [0, 0.1) is 12.8 Å². The SMILES string of the molecule is CCNCc1cnc(C)nc1N(C)CC(C)CC. The Balaban J connectivity index is 2.86. The van der Waals surface area contributed by atoms with E-state index < -0.39 is 0 Å². The van der Waals surface area contributed by atoms with Crippen LogP contribution in [0.15, 0.2) is 6.20 Å². The number of anilines is 1. The summed E-state index contributed by atoms with van der Waals surface area (Å²) in [7, 11) is 2.11. The Morgan fingerprint density at radius 1 is 1.39 bits per heavy atom. The van der Waals surface area contributed by atoms with Crippen LogP contribution < -0.4 is 10.2 Å². The third-order valence-electron chi connectivity index (χ3n) is 3.17. The minimum absolute atomic E-state index is 0.678. The molecule has 102 valence electrons. The van der Waals surface area contributed by atoms with Crippen molar-refractivity contribution in [3.8, 4) is 0 Å². The van der Waals surface area contributed by atoms with Crippen molar-refractivity contribution in [2.45, 2.75) is 40.7 Å². The molecular weight excluding hydrogens is 224 g/mol. The fourth-order valence-electron chi connectivity index (χ4n) is 1.88. The molecule has 1 heterocycles. The predicted molar refractivity (Wildman–Crippen MR) is 76.9 cm³/mol. The van der Waals surface area contributed by atoms with E-state index in [2.05, 4.69) is 48.0 Å². The quantitative estimate of drug-likeness (QED) is 0.806. The lowest BCUT2D eigenvalue weighted by Crippen LogP contribution is -2.27. The van der Waals surface area contributed by atoms with E-state index in [0.717, 1.165) is 31.3 Å². The molecule has 0 radical (unpaired) electrons. The van der Waals surface area contributed by atoms with Gasteiger partial charge in [0.25, 0.3) is 0 Å². The Morgan fingerprint density at radius 2 is 2.11 bits per heavy atom. The minimum atomic E-state index is 0.678. The van der Waals surface area contributed by atoms with Crippen LogP contribution in [0.3, 0.4) is 0 Å². The topological polar surface area (TPSA) is 41.1 Å². The van der Waals surface area contributed by atoms with Gasteiger partial charge >= 0.3 is 0 Å². The van der Waals surface area contributed by atoms with Gasteiger partial charge < -0.3 is 10.2 Å². The van der Waals surface area contributed by atoms with Crippen molar-refractivity contribution in [1.82, 2.24) is 15.3 Å². The van der Waals surface area contributed by atoms with Crippen LogP contribution >= 0.6 is 0 Å². The molecule has 0 fully saturated rings. The lowest BCUT2D eigenvalue weighted by molar-refractivity contribution is 0.555. The average Bonchev–Trinajstić information content (AvgIpc) is 2.36. The second kappa shape index (κ2) is 7.31. The van der Waals surface area contributed by atoms with Crippen molar-refractivity contribution in [3.05, 3.63) is 17.6 Å². The van der Waals surface area contributed by atoms with Gasteiger partial charge in [-0.15, -0.1) is 0 Å². The average molecular weight is 250 g/mol. The maximum atomic E-state index is 4.59. The van der Waals surface area contributed by atoms with E-state index in [1.165, 1.54) is 12.0 Å². The highest BCUT2D eigenvalue weighted by Gasteiger charge is 2.12. The fraction of sp³-hybridized carbons (Fsp3) is 0.714. The largest absolute Gasteiger partial charge is 0.359 e. The van der Waals surface area contributed by atoms with Gasteiger partial charge in [-0.1, -0.05) is 27.2 Å². The molecule has 1 atom stereocenters. The maximum absolute atomic E-state index is 4.59. The van der Waals surface area contributed by atoms with Gasteiger partial charge in [0.2, 0.25) is 0 Å². The molecule has 1 rings (SSSR count). The zero-order valence-corrected chi connectivity index (χ0v) is 12.3. The second-order valence-corrected chi connectivity index (χ2v) is 4.94. The molecular formula is C14H26N4. The molecule has 0 saturated carbocycles. The molecule has 4 nitrogen and oxygen atoms in total. The Hall–Kier alpha value is -1.16. The van der Waals surface area contributed by atoms with E-state index in [-0.39, 0.29) is 0 Å². The standard InChI is InChI=1S/C14H26N4/c1-6-11(3)10-18(5)14-13(8-15-7-2)9-16-12(4)17-14/h9,11,15H,6-8,10H2,1-5H3. The lowest BCUT2D eigenvalue weighted by Gasteiger charge is -2.24. The number of aromatic nitrogens is 2. The van der Waals surface area contributed by atoms with Crippen molar-refractivity contribution >= 4 is 5.82 Å². The van der Waals surface area contributed by atoms with Gasteiger partial charge in [0.1, 0.15) is 11.6 Å². The normalized spacial score (nSPS) is 12.5. The van der Waals surface area contributed by atoms with E-state index in [1.54, 1.807) is 0 Å². The van der Waals surface area contributed by atoms with Crippen molar-refractivity contribution in [2.24, 2.45) is 5.92 Å². The molecule has 0 bridgehead atoms. The molecule has 0 amide bonds. The summed E-state index contributed by atoms with van der Waals surface area (Å²) in [5, 5.41) is 3.34. The van der Waals surface area contributed by atoms with Gasteiger partial charge in [0, 0.05) is 31.9 Å². The summed E-state index contributed by atoms with van der Waals surface area (Å²) in [4.78, 5) is 11.1. The highest BCUT2D eigenvalue weighted by atomic mass is 15.2. The zero-order chi connectivity index (χ0) is 13.5. The van der Waals surface area contributed by atoms with E-state index >= 15 is 0 Å². The molecule has 0 saturated heterocycles. The van der Waals surface area contributed by atoms with Crippen LogP contribution in [0.25, 0.3) is 0 Å². The van der Waals surface area contributed by atoms with Crippen LogP contribution in [0.1, 0.15) is 38.6 Å². The highest BCUT2D eigenvalue weighted by Crippen LogP contribution is 2.17. The Bertz CT molecular complexity index is 365. The van der Waals surface area contributed by atoms with E-state index in [9.17, 15) is 0 Å². The third kappa shape index (κ3) is 4.26. The van der Waals surface area contributed by atoms with Gasteiger partial charge in [-0.2, -0.15) is 0 Å². The molecule has 1 aromatic heterocycles. The van der Waals surface area contributed by atoms with Crippen LogP contribution in [-0.4, -0.2) is 30.1 Å². The first-order chi connectivity index (χ1) is 8.58. The predicted octanol–water partition coefficient (Wildman–Crippen LogP) is 2.38. The summed E-state index contributed by atoms with van der Waals surface area (Å²) in [6.07, 6.45) is 3.13. The Morgan fingerprint density at radius 3 is 2.72 bits per heavy atom. The summed E-state index contributed by atoms with van der Waals surface area (Å²) in [5.74, 6) is 2.57. The Kier molecular flexibility index (Phi) is 6.05. The number of rotatable bonds is 7. The second-order valence-electron chi connectivity index (χ2n) is 4.94. The maximum Gasteiger partial charge on any atom is 0.136 e. The van der Waals surface area contributed by atoms with Gasteiger partial charge in [0.15, 0.2) is 0 Å². The van der Waals surface area contributed by atoms with Crippen LogP contribution in [0.4, 0.5) is 5.82 Å². The molecule has 4 heteroatoms. The highest BCUT2D eigenvalue weighted by molar-refractivity contribution is 5.45. The molecule has 0 aliphatic heterocycles. The summed E-state index contributed by atoms with van der Waals surface area (Å²) in [5.41, 5.74) is 1.17. The van der Waals surface area contributed by atoms with Crippen molar-refractivity contribution in [3.63, 3.8) is 0 Å². The first kappa shape index (κ1) is 14.9. The molecule has 1 unspecified atom stereocenters. The molecule has 1 aromatic rings. The zero-order valence-electron chi connectivity index (χ0n) is 12.3. The summed E-state index contributed by atoms with van der Waals surface area (Å²) in [6, 6.07) is 0. The number of aryl methyl sites for hydroxylation is 1. The molecule has 18 heavy (non-hydrogen) atoms. The van der Waals surface area contributed by atoms with Crippen molar-refractivity contribution in [1.29, 1.82) is 0 Å². The minimum Gasteiger partial charge on any atom is -0.359 e. The molecule has 0 spiro atoms. The molecule has 0 aromatic carbocycles. The third-order valence-corrected chi connectivity index (χ3v) is 3.17. The van der Waals surface area contributed by atoms with Gasteiger partial charge in [-0.3, -0.25) is 0 Å². The van der Waals surface area contributed by atoms with Crippen LogP contribution in [0.5, 0.6) is 0 Å². The molecule has 0 aliphatic carbocycles. The lowest BCUT2D eigenvalue weighted by atomic mass is 10.1. The van der Waals surface area contributed by atoms with E-state index in [0.29, 0.717) is 5.92 Å². The smallest absolute Gasteiger partial charge is 0.136 e. The Labute approximate surface area is 111 Å². The molecule has 1 N–H and O–H groups in total. The fourth-order valence-corrected chi connectivity index (χ4v) is 1.88. The number of nitrogens with one attached hydrogen (secondary N) is 1.